The summed E-state index contributed by atoms with van der Waals surface area (Å²) in [5, 5.41) is 20.2. The lowest BCUT2D eigenvalue weighted by molar-refractivity contribution is -0.479. The van der Waals surface area contributed by atoms with Crippen molar-refractivity contribution in [3.63, 3.8) is 0 Å². The number of aromatic nitrogens is 3. The van der Waals surface area contributed by atoms with Crippen LogP contribution in [0.2, 0.25) is 0 Å². The van der Waals surface area contributed by atoms with E-state index in [1.165, 1.54) is 17.3 Å². The molecule has 1 aromatic heterocycles. The van der Waals surface area contributed by atoms with Crippen molar-refractivity contribution in [2.75, 3.05) is 19.8 Å². The maximum Gasteiger partial charge on any atom is 0.220 e. The lowest BCUT2D eigenvalue weighted by atomic mass is 10.1. The van der Waals surface area contributed by atoms with Crippen molar-refractivity contribution in [3.8, 4) is 17.2 Å². The molecule has 176 valence electrons. The average Bonchev–Trinajstić information content (AvgIpc) is 3.11. The molecule has 0 saturated heterocycles. The monoisotopic (exact) mass is 534 g/mol. The molecule has 1 heterocycles. The number of nitro groups is 1. The summed E-state index contributed by atoms with van der Waals surface area (Å²) in [5.74, 6) is 1.84. The van der Waals surface area contributed by atoms with Crippen LogP contribution in [0.4, 0.5) is 0 Å². The third-order valence-corrected chi connectivity index (χ3v) is 6.87. The van der Waals surface area contributed by atoms with Crippen LogP contribution in [0, 0.1) is 30.9 Å². The molecule has 0 aliphatic rings. The van der Waals surface area contributed by atoms with Crippen molar-refractivity contribution < 1.29 is 14.4 Å². The van der Waals surface area contributed by atoms with Crippen LogP contribution in [-0.4, -0.2) is 39.4 Å². The summed E-state index contributed by atoms with van der Waals surface area (Å²) in [6.45, 7) is 10.4. The smallest absolute Gasteiger partial charge is 0.220 e. The molecule has 2 aromatic carbocycles. The zero-order valence-electron chi connectivity index (χ0n) is 19.3. The van der Waals surface area contributed by atoms with Crippen LogP contribution in [0.25, 0.3) is 5.69 Å². The first-order valence-electron chi connectivity index (χ1n) is 10.6. The predicted octanol–water partition coefficient (Wildman–Crippen LogP) is 5.86. The van der Waals surface area contributed by atoms with Crippen LogP contribution in [0.1, 0.15) is 41.6 Å². The van der Waals surface area contributed by atoms with Gasteiger partial charge in [0.1, 0.15) is 11.1 Å². The van der Waals surface area contributed by atoms with E-state index < -0.39 is 5.25 Å². The molecule has 3 rings (SSSR count). The van der Waals surface area contributed by atoms with Crippen molar-refractivity contribution in [2.24, 2.45) is 0 Å². The van der Waals surface area contributed by atoms with E-state index in [-0.39, 0.29) is 11.5 Å². The first kappa shape index (κ1) is 25.0. The lowest BCUT2D eigenvalue weighted by Gasteiger charge is -2.18. The van der Waals surface area contributed by atoms with E-state index in [1.54, 1.807) is 0 Å². The number of thioether (sulfide) groups is 1. The van der Waals surface area contributed by atoms with Crippen molar-refractivity contribution in [2.45, 2.75) is 45.0 Å². The van der Waals surface area contributed by atoms with Gasteiger partial charge in [-0.2, -0.15) is 0 Å². The summed E-state index contributed by atoms with van der Waals surface area (Å²) in [4.78, 5) is 11.2. The quantitative estimate of drug-likeness (QED) is 0.182. The molecule has 0 aliphatic heterocycles. The van der Waals surface area contributed by atoms with Gasteiger partial charge >= 0.3 is 0 Å². The summed E-state index contributed by atoms with van der Waals surface area (Å²) in [7, 11) is 0. The average molecular weight is 535 g/mol. The molecule has 0 aliphatic carbocycles. The molecule has 1 atom stereocenters. The van der Waals surface area contributed by atoms with Crippen molar-refractivity contribution in [1.29, 1.82) is 0 Å². The minimum absolute atomic E-state index is 0.282. The van der Waals surface area contributed by atoms with Gasteiger partial charge in [0.15, 0.2) is 16.7 Å². The third-order valence-electron chi connectivity index (χ3n) is 5.10. The van der Waals surface area contributed by atoms with Crippen molar-refractivity contribution in [3.05, 3.63) is 67.4 Å². The minimum Gasteiger partial charge on any atom is -0.490 e. The number of hydrogen-bond donors (Lipinski definition) is 0. The van der Waals surface area contributed by atoms with Gasteiger partial charge < -0.3 is 9.47 Å². The maximum absolute atomic E-state index is 11.6. The molecule has 0 N–H and O–H groups in total. The topological polar surface area (TPSA) is 92.3 Å². The standard InChI is InChI=1S/C23H27BrN4O4S/c1-6-31-20-12-17(11-19(24)22(20)32-7-2)21(13-27(29)30)33-23-26-25-16(5)28(23)18-9-8-14(3)15(4)10-18/h8-12,21H,6-7,13H2,1-5H3/t21-/m1/s1. The predicted molar refractivity (Wildman–Crippen MR) is 133 cm³/mol. The van der Waals surface area contributed by atoms with E-state index in [0.717, 1.165) is 16.8 Å². The Balaban J connectivity index is 2.04. The van der Waals surface area contributed by atoms with Crippen molar-refractivity contribution >= 4 is 27.7 Å². The SMILES string of the molecule is CCOc1cc([C@@H](C[N+](=O)[O-])Sc2nnc(C)n2-c2ccc(C)c(C)c2)cc(Br)c1OCC. The molecule has 0 saturated carbocycles. The molecule has 10 heteroatoms. The molecule has 0 unspecified atom stereocenters. The fraction of sp³-hybridized carbons (Fsp3) is 0.391. The van der Waals surface area contributed by atoms with E-state index >= 15 is 0 Å². The molecule has 33 heavy (non-hydrogen) atoms. The molecule has 0 fully saturated rings. The first-order chi connectivity index (χ1) is 15.7. The number of aryl methyl sites for hydroxylation is 3. The van der Waals surface area contributed by atoms with Crippen LogP contribution in [0.3, 0.4) is 0 Å². The first-order valence-corrected chi connectivity index (χ1v) is 12.3. The molecular formula is C23H27BrN4O4S. The fourth-order valence-electron chi connectivity index (χ4n) is 3.38. The summed E-state index contributed by atoms with van der Waals surface area (Å²) < 4.78 is 14.1. The molecule has 0 radical (unpaired) electrons. The normalized spacial score (nSPS) is 11.9. The van der Waals surface area contributed by atoms with Gasteiger partial charge in [-0.3, -0.25) is 14.7 Å². The second kappa shape index (κ2) is 11.0. The van der Waals surface area contributed by atoms with Crippen LogP contribution >= 0.6 is 27.7 Å². The van der Waals surface area contributed by atoms with Gasteiger partial charge in [-0.05, 0) is 91.5 Å². The van der Waals surface area contributed by atoms with E-state index in [4.69, 9.17) is 9.47 Å². The number of ether oxygens (including phenoxy) is 2. The van der Waals surface area contributed by atoms with Gasteiger partial charge in [-0.25, -0.2) is 0 Å². The van der Waals surface area contributed by atoms with E-state index in [9.17, 15) is 10.1 Å². The summed E-state index contributed by atoms with van der Waals surface area (Å²) >= 11 is 4.85. The zero-order valence-corrected chi connectivity index (χ0v) is 21.7. The van der Waals surface area contributed by atoms with Gasteiger partial charge in [0, 0.05) is 10.6 Å². The number of hydrogen-bond acceptors (Lipinski definition) is 7. The Bertz CT molecular complexity index is 1150. The summed E-state index contributed by atoms with van der Waals surface area (Å²) in [6.07, 6.45) is 0. The Kier molecular flexibility index (Phi) is 8.36. The molecule has 0 amide bonds. The Hall–Kier alpha value is -2.59. The second-order valence-corrected chi connectivity index (χ2v) is 9.48. The number of halogens is 1. The van der Waals surface area contributed by atoms with Crippen LogP contribution in [-0.2, 0) is 0 Å². The number of nitrogens with zero attached hydrogens (tertiary/aromatic N) is 4. The number of rotatable bonds is 10. The Morgan fingerprint density at radius 3 is 2.45 bits per heavy atom. The summed E-state index contributed by atoms with van der Waals surface area (Å²) in [5.41, 5.74) is 4.00. The third kappa shape index (κ3) is 5.86. The van der Waals surface area contributed by atoms with Crippen LogP contribution in [0.5, 0.6) is 11.5 Å². The van der Waals surface area contributed by atoms with Crippen LogP contribution < -0.4 is 9.47 Å². The molecular weight excluding hydrogens is 508 g/mol. The molecule has 0 spiro atoms. The summed E-state index contributed by atoms with van der Waals surface area (Å²) in [6, 6.07) is 9.78. The molecule has 3 aromatic rings. The van der Waals surface area contributed by atoms with Gasteiger partial charge in [-0.1, -0.05) is 17.8 Å². The van der Waals surface area contributed by atoms with Crippen LogP contribution in [0.15, 0.2) is 40.0 Å². The van der Waals surface area contributed by atoms with E-state index in [2.05, 4.69) is 39.1 Å². The Morgan fingerprint density at radius 1 is 1.09 bits per heavy atom. The Morgan fingerprint density at radius 2 is 1.82 bits per heavy atom. The largest absolute Gasteiger partial charge is 0.490 e. The van der Waals surface area contributed by atoms with Gasteiger partial charge in [-0.15, -0.1) is 10.2 Å². The Labute approximate surface area is 206 Å². The fourth-order valence-corrected chi connectivity index (χ4v) is 5.10. The highest BCUT2D eigenvalue weighted by Crippen LogP contribution is 2.43. The highest BCUT2D eigenvalue weighted by atomic mass is 79.9. The zero-order chi connectivity index (χ0) is 24.1. The van der Waals surface area contributed by atoms with E-state index in [1.807, 2.05) is 56.5 Å². The molecule has 0 bridgehead atoms. The number of benzene rings is 2. The maximum atomic E-state index is 11.6. The highest BCUT2D eigenvalue weighted by molar-refractivity contribution is 9.10. The van der Waals surface area contributed by atoms with Crippen molar-refractivity contribution in [1.82, 2.24) is 14.8 Å². The highest BCUT2D eigenvalue weighted by Gasteiger charge is 2.26. The van der Waals surface area contributed by atoms with E-state index in [0.29, 0.717) is 40.2 Å². The van der Waals surface area contributed by atoms with Gasteiger partial charge in [0.05, 0.1) is 17.7 Å². The van der Waals surface area contributed by atoms with Gasteiger partial charge in [0.25, 0.3) is 0 Å². The molecule has 8 nitrogen and oxygen atoms in total. The second-order valence-electron chi connectivity index (χ2n) is 7.45. The van der Waals surface area contributed by atoms with Gasteiger partial charge in [0.2, 0.25) is 6.54 Å². The lowest BCUT2D eigenvalue weighted by Crippen LogP contribution is -2.12. The minimum atomic E-state index is -0.514.